The highest BCUT2D eigenvalue weighted by Crippen LogP contribution is 2.26. The molecule has 1 heterocycles. The van der Waals surface area contributed by atoms with Crippen LogP contribution in [0.2, 0.25) is 0 Å². The van der Waals surface area contributed by atoms with Crippen molar-refractivity contribution < 1.29 is 14.3 Å². The second kappa shape index (κ2) is 6.55. The molecule has 0 bridgehead atoms. The third-order valence-electron chi connectivity index (χ3n) is 3.69. The fraction of sp³-hybridized carbons (Fsp3) is 0.278. The lowest BCUT2D eigenvalue weighted by atomic mass is 10.0. The molecule has 1 atom stereocenters. The first-order chi connectivity index (χ1) is 10.4. The molecule has 0 radical (unpaired) electrons. The van der Waals surface area contributed by atoms with Gasteiger partial charge in [-0.3, -0.25) is 4.79 Å². The molecule has 1 aliphatic rings. The van der Waals surface area contributed by atoms with Crippen LogP contribution in [0.4, 0.5) is 0 Å². The predicted molar refractivity (Wildman–Crippen MR) is 81.7 cm³/mol. The summed E-state index contributed by atoms with van der Waals surface area (Å²) in [5.74, 6) is 0.625. The lowest BCUT2D eigenvalue weighted by molar-refractivity contribution is 0.0675. The second-order valence-corrected chi connectivity index (χ2v) is 5.18. The van der Waals surface area contributed by atoms with Crippen molar-refractivity contribution >= 4 is 6.29 Å². The largest absolute Gasteiger partial charge is 0.490 e. The summed E-state index contributed by atoms with van der Waals surface area (Å²) in [7, 11) is 0. The van der Waals surface area contributed by atoms with Crippen molar-refractivity contribution in [2.75, 3.05) is 13.2 Å². The summed E-state index contributed by atoms with van der Waals surface area (Å²) in [6, 6.07) is 15.7. The first-order valence-electron chi connectivity index (χ1n) is 7.26. The normalized spacial score (nSPS) is 17.6. The van der Waals surface area contributed by atoms with Crippen LogP contribution >= 0.6 is 0 Å². The molecule has 0 N–H and O–H groups in total. The van der Waals surface area contributed by atoms with E-state index in [1.54, 1.807) is 0 Å². The average Bonchev–Trinajstić information content (AvgIpc) is 3.07. The Morgan fingerprint density at radius 3 is 2.71 bits per heavy atom. The van der Waals surface area contributed by atoms with Gasteiger partial charge < -0.3 is 9.47 Å². The molecule has 1 saturated heterocycles. The number of rotatable bonds is 5. The van der Waals surface area contributed by atoms with E-state index < -0.39 is 0 Å². The number of hydrogen-bond acceptors (Lipinski definition) is 3. The van der Waals surface area contributed by atoms with Gasteiger partial charge in [-0.15, -0.1) is 0 Å². The molecule has 0 amide bonds. The Bertz CT molecular complexity index is 601. The van der Waals surface area contributed by atoms with Crippen LogP contribution in [0.5, 0.6) is 5.75 Å². The van der Waals surface area contributed by atoms with Crippen molar-refractivity contribution in [2.45, 2.75) is 18.9 Å². The van der Waals surface area contributed by atoms with Gasteiger partial charge in [-0.1, -0.05) is 36.4 Å². The highest BCUT2D eigenvalue weighted by Gasteiger charge is 2.16. The Morgan fingerprint density at radius 2 is 2.00 bits per heavy atom. The fourth-order valence-corrected chi connectivity index (χ4v) is 2.54. The van der Waals surface area contributed by atoms with E-state index in [0.29, 0.717) is 17.9 Å². The zero-order valence-corrected chi connectivity index (χ0v) is 11.8. The van der Waals surface area contributed by atoms with Crippen LogP contribution in [0.15, 0.2) is 48.5 Å². The summed E-state index contributed by atoms with van der Waals surface area (Å²) < 4.78 is 11.3. The fourth-order valence-electron chi connectivity index (χ4n) is 2.54. The number of ether oxygens (including phenoxy) is 2. The molecule has 1 aliphatic heterocycles. The molecule has 3 heteroatoms. The maximum atomic E-state index is 11.3. The third-order valence-corrected chi connectivity index (χ3v) is 3.69. The quantitative estimate of drug-likeness (QED) is 0.784. The summed E-state index contributed by atoms with van der Waals surface area (Å²) in [5, 5.41) is 0. The van der Waals surface area contributed by atoms with Gasteiger partial charge in [0, 0.05) is 6.61 Å². The Kier molecular flexibility index (Phi) is 4.31. The molecule has 0 saturated carbocycles. The molecule has 2 aromatic carbocycles. The number of carbonyl (C=O) groups is 1. The molecule has 3 nitrogen and oxygen atoms in total. The summed E-state index contributed by atoms with van der Waals surface area (Å²) in [6.07, 6.45) is 3.11. The van der Waals surface area contributed by atoms with E-state index >= 15 is 0 Å². The maximum Gasteiger partial charge on any atom is 0.153 e. The first-order valence-corrected chi connectivity index (χ1v) is 7.26. The van der Waals surface area contributed by atoms with E-state index in [0.717, 1.165) is 36.9 Å². The summed E-state index contributed by atoms with van der Waals surface area (Å²) >= 11 is 0. The highest BCUT2D eigenvalue weighted by atomic mass is 16.5. The van der Waals surface area contributed by atoms with E-state index in [-0.39, 0.29) is 6.10 Å². The molecule has 0 spiro atoms. The molecule has 3 rings (SSSR count). The molecule has 0 aliphatic carbocycles. The van der Waals surface area contributed by atoms with Crippen molar-refractivity contribution in [3.8, 4) is 16.9 Å². The van der Waals surface area contributed by atoms with Crippen LogP contribution in [0, 0.1) is 0 Å². The number of hydrogen-bond donors (Lipinski definition) is 0. The molecular weight excluding hydrogens is 264 g/mol. The lowest BCUT2D eigenvalue weighted by Crippen LogP contribution is -2.16. The minimum absolute atomic E-state index is 0.151. The van der Waals surface area contributed by atoms with Crippen LogP contribution in [0.3, 0.4) is 0 Å². The SMILES string of the molecule is O=Cc1cc(-c2ccccc2)ccc1OCC1CCCO1. The monoisotopic (exact) mass is 282 g/mol. The van der Waals surface area contributed by atoms with Crippen LogP contribution in [-0.2, 0) is 4.74 Å². The van der Waals surface area contributed by atoms with E-state index in [2.05, 4.69) is 0 Å². The lowest BCUT2D eigenvalue weighted by Gasteiger charge is -2.13. The molecule has 2 aromatic rings. The topological polar surface area (TPSA) is 35.5 Å². The van der Waals surface area contributed by atoms with Crippen LogP contribution < -0.4 is 4.74 Å². The molecule has 108 valence electrons. The molecule has 1 fully saturated rings. The summed E-state index contributed by atoms with van der Waals surface area (Å²) in [6.45, 7) is 1.31. The number of aldehydes is 1. The first kappa shape index (κ1) is 13.8. The van der Waals surface area contributed by atoms with E-state index in [9.17, 15) is 4.79 Å². The van der Waals surface area contributed by atoms with Crippen molar-refractivity contribution in [1.29, 1.82) is 0 Å². The van der Waals surface area contributed by atoms with Gasteiger partial charge in [0.05, 0.1) is 11.7 Å². The molecule has 1 unspecified atom stereocenters. The number of carbonyl (C=O) groups excluding carboxylic acids is 1. The average molecular weight is 282 g/mol. The van der Waals surface area contributed by atoms with Gasteiger partial charge in [-0.05, 0) is 36.1 Å². The molecule has 0 aromatic heterocycles. The molecular formula is C18H18O3. The summed E-state index contributed by atoms with van der Waals surface area (Å²) in [4.78, 5) is 11.3. The molecule has 21 heavy (non-hydrogen) atoms. The van der Waals surface area contributed by atoms with Crippen molar-refractivity contribution in [1.82, 2.24) is 0 Å². The van der Waals surface area contributed by atoms with Crippen LogP contribution in [0.1, 0.15) is 23.2 Å². The van der Waals surface area contributed by atoms with Gasteiger partial charge in [-0.25, -0.2) is 0 Å². The highest BCUT2D eigenvalue weighted by molar-refractivity contribution is 5.83. The Hall–Kier alpha value is -2.13. The van der Waals surface area contributed by atoms with E-state index in [1.165, 1.54) is 0 Å². The second-order valence-electron chi connectivity index (χ2n) is 5.18. The van der Waals surface area contributed by atoms with Crippen molar-refractivity contribution in [3.05, 3.63) is 54.1 Å². The third kappa shape index (κ3) is 3.31. The Morgan fingerprint density at radius 1 is 1.14 bits per heavy atom. The van der Waals surface area contributed by atoms with Gasteiger partial charge in [0.2, 0.25) is 0 Å². The predicted octanol–water partition coefficient (Wildman–Crippen LogP) is 3.72. The minimum atomic E-state index is 0.151. The zero-order valence-electron chi connectivity index (χ0n) is 11.8. The van der Waals surface area contributed by atoms with Gasteiger partial charge in [-0.2, -0.15) is 0 Å². The van der Waals surface area contributed by atoms with Crippen LogP contribution in [0.25, 0.3) is 11.1 Å². The minimum Gasteiger partial charge on any atom is -0.490 e. The maximum absolute atomic E-state index is 11.3. The van der Waals surface area contributed by atoms with E-state index in [1.807, 2.05) is 48.5 Å². The Balaban J connectivity index is 1.77. The van der Waals surface area contributed by atoms with Crippen LogP contribution in [-0.4, -0.2) is 25.6 Å². The van der Waals surface area contributed by atoms with Gasteiger partial charge in [0.15, 0.2) is 6.29 Å². The zero-order chi connectivity index (χ0) is 14.5. The standard InChI is InChI=1S/C18H18O3/c19-12-16-11-15(14-5-2-1-3-6-14)8-9-18(16)21-13-17-7-4-10-20-17/h1-3,5-6,8-9,11-12,17H,4,7,10,13H2. The summed E-state index contributed by atoms with van der Waals surface area (Å²) in [5.41, 5.74) is 2.68. The smallest absolute Gasteiger partial charge is 0.153 e. The number of benzene rings is 2. The van der Waals surface area contributed by atoms with Gasteiger partial charge in [0.25, 0.3) is 0 Å². The van der Waals surface area contributed by atoms with Crippen molar-refractivity contribution in [3.63, 3.8) is 0 Å². The van der Waals surface area contributed by atoms with Gasteiger partial charge >= 0.3 is 0 Å². The Labute approximate surface area is 124 Å². The van der Waals surface area contributed by atoms with E-state index in [4.69, 9.17) is 9.47 Å². The van der Waals surface area contributed by atoms with Crippen molar-refractivity contribution in [2.24, 2.45) is 0 Å². The van der Waals surface area contributed by atoms with Gasteiger partial charge in [0.1, 0.15) is 12.4 Å².